The standard InChI is InChI=1S/C10H10N2O/c1-7-3-2-4-9-10(7)12-8(5-11)6-13-9/h2-4,8,12H,6H2,1H3. The number of nitrogens with one attached hydrogen (secondary N) is 1. The van der Waals surface area contributed by atoms with Crippen LogP contribution in [0.25, 0.3) is 0 Å². The molecule has 1 aromatic carbocycles. The van der Waals surface area contributed by atoms with E-state index in [4.69, 9.17) is 10.00 Å². The van der Waals surface area contributed by atoms with Gasteiger partial charge in [0.2, 0.25) is 0 Å². The molecule has 1 N–H and O–H groups in total. The third kappa shape index (κ3) is 1.31. The number of nitrogens with zero attached hydrogens (tertiary/aromatic N) is 1. The number of fused-ring (bicyclic) bond motifs is 1. The molecule has 13 heavy (non-hydrogen) atoms. The van der Waals surface area contributed by atoms with E-state index < -0.39 is 0 Å². The minimum atomic E-state index is -0.228. The summed E-state index contributed by atoms with van der Waals surface area (Å²) in [4.78, 5) is 0. The van der Waals surface area contributed by atoms with Gasteiger partial charge >= 0.3 is 0 Å². The van der Waals surface area contributed by atoms with E-state index >= 15 is 0 Å². The average Bonchev–Trinajstić information content (AvgIpc) is 2.18. The minimum Gasteiger partial charge on any atom is -0.488 e. The van der Waals surface area contributed by atoms with Gasteiger partial charge < -0.3 is 10.1 Å². The molecule has 0 radical (unpaired) electrons. The number of hydrogen-bond donors (Lipinski definition) is 1. The summed E-state index contributed by atoms with van der Waals surface area (Å²) in [5, 5.41) is 11.8. The number of hydrogen-bond acceptors (Lipinski definition) is 3. The SMILES string of the molecule is Cc1cccc2c1NC(C#N)CO2. The van der Waals surface area contributed by atoms with Gasteiger partial charge in [0.05, 0.1) is 11.8 Å². The van der Waals surface area contributed by atoms with E-state index in [1.54, 1.807) is 0 Å². The van der Waals surface area contributed by atoms with Gasteiger partial charge in [0, 0.05) is 0 Å². The van der Waals surface area contributed by atoms with E-state index in [-0.39, 0.29) is 6.04 Å². The van der Waals surface area contributed by atoms with Crippen LogP contribution < -0.4 is 10.1 Å². The van der Waals surface area contributed by atoms with Crippen LogP contribution in [0.1, 0.15) is 5.56 Å². The molecule has 3 nitrogen and oxygen atoms in total. The van der Waals surface area contributed by atoms with Crippen LogP contribution in [0.3, 0.4) is 0 Å². The average molecular weight is 174 g/mol. The van der Waals surface area contributed by atoms with Gasteiger partial charge in [-0.3, -0.25) is 0 Å². The van der Waals surface area contributed by atoms with E-state index in [0.29, 0.717) is 6.61 Å². The van der Waals surface area contributed by atoms with Crippen molar-refractivity contribution in [1.29, 1.82) is 5.26 Å². The maximum absolute atomic E-state index is 8.71. The Bertz CT molecular complexity index is 368. The Hall–Kier alpha value is -1.69. The Balaban J connectivity index is 2.39. The molecule has 0 fully saturated rings. The molecule has 0 spiro atoms. The first-order valence-corrected chi connectivity index (χ1v) is 4.20. The molecule has 0 aliphatic carbocycles. The molecule has 0 saturated heterocycles. The zero-order chi connectivity index (χ0) is 9.26. The lowest BCUT2D eigenvalue weighted by molar-refractivity contribution is 0.303. The van der Waals surface area contributed by atoms with Gasteiger partial charge in [-0.2, -0.15) is 5.26 Å². The van der Waals surface area contributed by atoms with Crippen molar-refractivity contribution in [1.82, 2.24) is 0 Å². The van der Waals surface area contributed by atoms with Gasteiger partial charge in [-0.15, -0.1) is 0 Å². The molecular formula is C10H10N2O. The molecule has 1 aromatic rings. The van der Waals surface area contributed by atoms with Gasteiger partial charge in [0.25, 0.3) is 0 Å². The Morgan fingerprint density at radius 3 is 3.23 bits per heavy atom. The van der Waals surface area contributed by atoms with Crippen molar-refractivity contribution in [2.45, 2.75) is 13.0 Å². The highest BCUT2D eigenvalue weighted by atomic mass is 16.5. The first-order valence-electron chi connectivity index (χ1n) is 4.20. The van der Waals surface area contributed by atoms with Crippen molar-refractivity contribution in [3.05, 3.63) is 23.8 Å². The fraction of sp³-hybridized carbons (Fsp3) is 0.300. The molecule has 3 heteroatoms. The maximum Gasteiger partial charge on any atom is 0.149 e. The van der Waals surface area contributed by atoms with Crippen molar-refractivity contribution < 1.29 is 4.74 Å². The van der Waals surface area contributed by atoms with Gasteiger partial charge in [-0.1, -0.05) is 12.1 Å². The Kier molecular flexibility index (Phi) is 1.82. The van der Waals surface area contributed by atoms with Crippen molar-refractivity contribution in [3.63, 3.8) is 0 Å². The summed E-state index contributed by atoms with van der Waals surface area (Å²) in [5.74, 6) is 0.839. The first-order chi connectivity index (χ1) is 6.31. The molecule has 1 heterocycles. The second-order valence-electron chi connectivity index (χ2n) is 3.09. The number of aryl methyl sites for hydroxylation is 1. The Labute approximate surface area is 76.9 Å². The molecule has 0 saturated carbocycles. The van der Waals surface area contributed by atoms with Gasteiger partial charge in [-0.05, 0) is 18.6 Å². The fourth-order valence-electron chi connectivity index (χ4n) is 1.40. The third-order valence-electron chi connectivity index (χ3n) is 2.11. The van der Waals surface area contributed by atoms with Crippen LogP contribution >= 0.6 is 0 Å². The van der Waals surface area contributed by atoms with E-state index in [9.17, 15) is 0 Å². The molecule has 66 valence electrons. The summed E-state index contributed by atoms with van der Waals surface area (Å²) in [6.07, 6.45) is 0. The highest BCUT2D eigenvalue weighted by Crippen LogP contribution is 2.31. The van der Waals surface area contributed by atoms with E-state index in [2.05, 4.69) is 11.4 Å². The minimum absolute atomic E-state index is 0.228. The van der Waals surface area contributed by atoms with Crippen molar-refractivity contribution in [2.75, 3.05) is 11.9 Å². The highest BCUT2D eigenvalue weighted by Gasteiger charge is 2.18. The van der Waals surface area contributed by atoms with Crippen molar-refractivity contribution in [3.8, 4) is 11.8 Å². The van der Waals surface area contributed by atoms with Crippen LogP contribution in [0.4, 0.5) is 5.69 Å². The summed E-state index contributed by atoms with van der Waals surface area (Å²) >= 11 is 0. The smallest absolute Gasteiger partial charge is 0.149 e. The van der Waals surface area contributed by atoms with Crippen LogP contribution in [0.2, 0.25) is 0 Å². The number of benzene rings is 1. The highest BCUT2D eigenvalue weighted by molar-refractivity contribution is 5.64. The quantitative estimate of drug-likeness (QED) is 0.651. The lowest BCUT2D eigenvalue weighted by atomic mass is 10.1. The first kappa shape index (κ1) is 7.93. The number of anilines is 1. The number of rotatable bonds is 0. The fourth-order valence-corrected chi connectivity index (χ4v) is 1.40. The van der Waals surface area contributed by atoms with Gasteiger partial charge in [0.1, 0.15) is 18.4 Å². The summed E-state index contributed by atoms with van der Waals surface area (Å²) < 4.78 is 5.42. The number of para-hydroxylation sites is 1. The predicted molar refractivity (Wildman–Crippen MR) is 49.7 cm³/mol. The molecular weight excluding hydrogens is 164 g/mol. The van der Waals surface area contributed by atoms with E-state index in [1.807, 2.05) is 25.1 Å². The lowest BCUT2D eigenvalue weighted by Gasteiger charge is -2.24. The molecule has 0 bridgehead atoms. The Morgan fingerprint density at radius 1 is 1.62 bits per heavy atom. The second kappa shape index (κ2) is 2.98. The number of nitriles is 1. The van der Waals surface area contributed by atoms with E-state index in [1.165, 1.54) is 0 Å². The van der Waals surface area contributed by atoms with Gasteiger partial charge in [-0.25, -0.2) is 0 Å². The van der Waals surface area contributed by atoms with Crippen LogP contribution in [-0.4, -0.2) is 12.6 Å². The molecule has 0 amide bonds. The number of ether oxygens (including phenoxy) is 1. The monoisotopic (exact) mass is 174 g/mol. The summed E-state index contributed by atoms with van der Waals surface area (Å²) in [6, 6.07) is 7.76. The van der Waals surface area contributed by atoms with Crippen molar-refractivity contribution in [2.24, 2.45) is 0 Å². The topological polar surface area (TPSA) is 45.0 Å². The summed E-state index contributed by atoms with van der Waals surface area (Å²) in [7, 11) is 0. The normalized spacial score (nSPS) is 19.2. The maximum atomic E-state index is 8.71. The van der Waals surface area contributed by atoms with Crippen molar-refractivity contribution >= 4 is 5.69 Å². The van der Waals surface area contributed by atoms with Crippen LogP contribution in [0.15, 0.2) is 18.2 Å². The summed E-state index contributed by atoms with van der Waals surface area (Å²) in [5.41, 5.74) is 2.05. The van der Waals surface area contributed by atoms with Crippen LogP contribution in [0, 0.1) is 18.3 Å². The molecule has 1 aliphatic heterocycles. The largest absolute Gasteiger partial charge is 0.488 e. The third-order valence-corrected chi connectivity index (χ3v) is 2.11. The van der Waals surface area contributed by atoms with Crippen LogP contribution in [0.5, 0.6) is 5.75 Å². The van der Waals surface area contributed by atoms with Crippen LogP contribution in [-0.2, 0) is 0 Å². The molecule has 1 unspecified atom stereocenters. The lowest BCUT2D eigenvalue weighted by Crippen LogP contribution is -2.30. The zero-order valence-electron chi connectivity index (χ0n) is 7.37. The van der Waals surface area contributed by atoms with Gasteiger partial charge in [0.15, 0.2) is 0 Å². The summed E-state index contributed by atoms with van der Waals surface area (Å²) in [6.45, 7) is 2.42. The second-order valence-corrected chi connectivity index (χ2v) is 3.09. The molecule has 2 rings (SSSR count). The Morgan fingerprint density at radius 2 is 2.46 bits per heavy atom. The molecule has 1 atom stereocenters. The van der Waals surface area contributed by atoms with E-state index in [0.717, 1.165) is 17.0 Å². The molecule has 0 aromatic heterocycles. The molecule has 1 aliphatic rings. The zero-order valence-corrected chi connectivity index (χ0v) is 7.37. The predicted octanol–water partition coefficient (Wildman–Crippen LogP) is 1.69.